The maximum atomic E-state index is 12.6. The van der Waals surface area contributed by atoms with Crippen LogP contribution in [0.3, 0.4) is 0 Å². The Morgan fingerprint density at radius 2 is 1.75 bits per heavy atom. The summed E-state index contributed by atoms with van der Waals surface area (Å²) in [6, 6.07) is 14.0. The van der Waals surface area contributed by atoms with Gasteiger partial charge in [-0.3, -0.25) is 4.79 Å². The average Bonchev–Trinajstić information content (AvgIpc) is 3.42. The second-order valence-corrected chi connectivity index (χ2v) is 8.91. The summed E-state index contributed by atoms with van der Waals surface area (Å²) in [5.74, 6) is 0.0408. The topological polar surface area (TPSA) is 70.2 Å². The summed E-state index contributed by atoms with van der Waals surface area (Å²) in [5, 5.41) is 8.96. The first-order valence-electron chi connectivity index (χ1n) is 9.88. The normalized spacial score (nSPS) is 17.3. The first kappa shape index (κ1) is 18.5. The van der Waals surface area contributed by atoms with Crippen molar-refractivity contribution in [2.45, 2.75) is 57.4 Å². The standard InChI is InChI=1S/C23H27N3O2/c1-22(2,3)16-5-7-17(8-6-16)23(12-13-23)26-21(28)24-18-9-10-19-15(14-18)4-11-20(27)25-19/h5-10,14H,4,11-13H2,1-3H3,(H,25,27)(H2,24,26,28). The fraction of sp³-hybridized carbons (Fsp3) is 0.391. The van der Waals surface area contributed by atoms with Crippen LogP contribution in [0.2, 0.25) is 0 Å². The molecule has 1 fully saturated rings. The van der Waals surface area contributed by atoms with Crippen molar-refractivity contribution in [2.24, 2.45) is 0 Å². The number of carbonyl (C=O) groups excluding carboxylic acids is 2. The Labute approximate surface area is 165 Å². The lowest BCUT2D eigenvalue weighted by Gasteiger charge is -2.22. The van der Waals surface area contributed by atoms with Gasteiger partial charge in [-0.15, -0.1) is 0 Å². The number of hydrogen-bond donors (Lipinski definition) is 3. The van der Waals surface area contributed by atoms with Crippen LogP contribution in [-0.4, -0.2) is 11.9 Å². The first-order chi connectivity index (χ1) is 13.2. The summed E-state index contributed by atoms with van der Waals surface area (Å²) in [6.07, 6.45) is 3.08. The van der Waals surface area contributed by atoms with Crippen molar-refractivity contribution in [2.75, 3.05) is 10.6 Å². The zero-order valence-electron chi connectivity index (χ0n) is 16.7. The third-order valence-electron chi connectivity index (χ3n) is 5.66. The molecule has 28 heavy (non-hydrogen) atoms. The zero-order chi connectivity index (χ0) is 19.9. The van der Waals surface area contributed by atoms with E-state index in [0.717, 1.165) is 35.3 Å². The number of carbonyl (C=O) groups is 2. The molecule has 1 aliphatic carbocycles. The summed E-state index contributed by atoms with van der Waals surface area (Å²) in [6.45, 7) is 6.60. The highest BCUT2D eigenvalue weighted by Crippen LogP contribution is 2.46. The van der Waals surface area contributed by atoms with Gasteiger partial charge in [0.25, 0.3) is 0 Å². The molecule has 4 rings (SSSR count). The zero-order valence-corrected chi connectivity index (χ0v) is 16.7. The highest BCUT2D eigenvalue weighted by molar-refractivity contribution is 5.95. The molecule has 3 N–H and O–H groups in total. The molecule has 146 valence electrons. The number of amides is 3. The van der Waals surface area contributed by atoms with Crippen molar-refractivity contribution < 1.29 is 9.59 Å². The minimum absolute atomic E-state index is 0.0408. The van der Waals surface area contributed by atoms with Crippen molar-refractivity contribution in [1.29, 1.82) is 0 Å². The van der Waals surface area contributed by atoms with Crippen LogP contribution in [0.25, 0.3) is 0 Å². The molecule has 0 spiro atoms. The molecule has 1 aliphatic heterocycles. The second-order valence-electron chi connectivity index (χ2n) is 8.91. The van der Waals surface area contributed by atoms with Gasteiger partial charge in [-0.05, 0) is 59.6 Å². The average molecular weight is 377 g/mol. The lowest BCUT2D eigenvalue weighted by molar-refractivity contribution is -0.116. The van der Waals surface area contributed by atoms with Crippen molar-refractivity contribution in [3.63, 3.8) is 0 Å². The van der Waals surface area contributed by atoms with Gasteiger partial charge in [0, 0.05) is 17.8 Å². The van der Waals surface area contributed by atoms with E-state index >= 15 is 0 Å². The van der Waals surface area contributed by atoms with Crippen LogP contribution in [0, 0.1) is 0 Å². The van der Waals surface area contributed by atoms with Gasteiger partial charge >= 0.3 is 6.03 Å². The summed E-state index contributed by atoms with van der Waals surface area (Å²) in [7, 11) is 0. The molecule has 5 nitrogen and oxygen atoms in total. The third-order valence-corrected chi connectivity index (χ3v) is 5.66. The van der Waals surface area contributed by atoms with E-state index < -0.39 is 0 Å². The fourth-order valence-corrected chi connectivity index (χ4v) is 3.74. The van der Waals surface area contributed by atoms with Crippen LogP contribution in [0.15, 0.2) is 42.5 Å². The van der Waals surface area contributed by atoms with Gasteiger partial charge in [-0.2, -0.15) is 0 Å². The van der Waals surface area contributed by atoms with Gasteiger partial charge in [0.1, 0.15) is 0 Å². The van der Waals surface area contributed by atoms with Crippen LogP contribution in [0.1, 0.15) is 56.7 Å². The SMILES string of the molecule is CC(C)(C)c1ccc(C2(NC(=O)Nc3ccc4c(c3)CCC(=O)N4)CC2)cc1. The molecule has 1 saturated carbocycles. The molecule has 0 unspecified atom stereocenters. The maximum absolute atomic E-state index is 12.6. The van der Waals surface area contributed by atoms with E-state index in [2.05, 4.69) is 61.0 Å². The van der Waals surface area contributed by atoms with E-state index in [1.165, 1.54) is 5.56 Å². The second kappa shape index (κ2) is 6.66. The summed E-state index contributed by atoms with van der Waals surface area (Å²) >= 11 is 0. The van der Waals surface area contributed by atoms with Crippen LogP contribution >= 0.6 is 0 Å². The van der Waals surface area contributed by atoms with Crippen molar-refractivity contribution in [3.05, 3.63) is 59.2 Å². The molecule has 5 heteroatoms. The number of aryl methyl sites for hydroxylation is 1. The molecule has 2 aliphatic rings. The predicted octanol–water partition coefficient (Wildman–Crippen LogP) is 4.68. The molecule has 0 aromatic heterocycles. The Kier molecular flexibility index (Phi) is 4.41. The predicted molar refractivity (Wildman–Crippen MR) is 112 cm³/mol. The lowest BCUT2D eigenvalue weighted by atomic mass is 9.86. The van der Waals surface area contributed by atoms with E-state index in [4.69, 9.17) is 0 Å². The minimum atomic E-state index is -0.261. The van der Waals surface area contributed by atoms with E-state index in [1.807, 2.05) is 18.2 Å². The van der Waals surface area contributed by atoms with Gasteiger partial charge in [-0.25, -0.2) is 4.79 Å². The smallest absolute Gasteiger partial charge is 0.319 e. The van der Waals surface area contributed by atoms with Crippen LogP contribution in [-0.2, 0) is 22.2 Å². The molecule has 3 amide bonds. The van der Waals surface area contributed by atoms with E-state index in [0.29, 0.717) is 12.8 Å². The van der Waals surface area contributed by atoms with Crippen LogP contribution in [0.5, 0.6) is 0 Å². The molecule has 2 aromatic carbocycles. The molecular weight excluding hydrogens is 350 g/mol. The highest BCUT2D eigenvalue weighted by atomic mass is 16.2. The molecule has 0 atom stereocenters. The van der Waals surface area contributed by atoms with Gasteiger partial charge in [0.05, 0.1) is 5.54 Å². The Morgan fingerprint density at radius 3 is 2.39 bits per heavy atom. The van der Waals surface area contributed by atoms with Crippen LogP contribution < -0.4 is 16.0 Å². The van der Waals surface area contributed by atoms with Crippen molar-refractivity contribution >= 4 is 23.3 Å². The Morgan fingerprint density at radius 1 is 1.04 bits per heavy atom. The third kappa shape index (κ3) is 3.75. The number of nitrogens with one attached hydrogen (secondary N) is 3. The number of urea groups is 1. The molecule has 1 heterocycles. The van der Waals surface area contributed by atoms with Crippen molar-refractivity contribution in [3.8, 4) is 0 Å². The number of anilines is 2. The van der Waals surface area contributed by atoms with E-state index in [1.54, 1.807) is 0 Å². The number of fused-ring (bicyclic) bond motifs is 1. The fourth-order valence-electron chi connectivity index (χ4n) is 3.74. The highest BCUT2D eigenvalue weighted by Gasteiger charge is 2.45. The Bertz CT molecular complexity index is 922. The minimum Gasteiger partial charge on any atom is -0.328 e. The summed E-state index contributed by atoms with van der Waals surface area (Å²) in [5.41, 5.74) is 4.93. The van der Waals surface area contributed by atoms with E-state index in [-0.39, 0.29) is 22.9 Å². The monoisotopic (exact) mass is 377 g/mol. The quantitative estimate of drug-likeness (QED) is 0.727. The van der Waals surface area contributed by atoms with Gasteiger partial charge < -0.3 is 16.0 Å². The number of hydrogen-bond acceptors (Lipinski definition) is 2. The molecule has 0 saturated heterocycles. The molecule has 0 bridgehead atoms. The molecule has 2 aromatic rings. The summed E-state index contributed by atoms with van der Waals surface area (Å²) < 4.78 is 0. The molecular formula is C23H27N3O2. The van der Waals surface area contributed by atoms with Gasteiger partial charge in [0.15, 0.2) is 0 Å². The lowest BCUT2D eigenvalue weighted by Crippen LogP contribution is -2.38. The summed E-state index contributed by atoms with van der Waals surface area (Å²) in [4.78, 5) is 24.1. The number of rotatable bonds is 3. The van der Waals surface area contributed by atoms with Gasteiger partial charge in [0.2, 0.25) is 5.91 Å². The maximum Gasteiger partial charge on any atom is 0.319 e. The van der Waals surface area contributed by atoms with E-state index in [9.17, 15) is 9.59 Å². The Balaban J connectivity index is 1.43. The first-order valence-corrected chi connectivity index (χ1v) is 9.88. The Hall–Kier alpha value is -2.82. The largest absolute Gasteiger partial charge is 0.328 e. The van der Waals surface area contributed by atoms with Crippen molar-refractivity contribution in [1.82, 2.24) is 5.32 Å². The number of benzene rings is 2. The molecule has 0 radical (unpaired) electrons. The van der Waals surface area contributed by atoms with Crippen LogP contribution in [0.4, 0.5) is 16.2 Å². The van der Waals surface area contributed by atoms with Gasteiger partial charge in [-0.1, -0.05) is 45.0 Å².